The Morgan fingerprint density at radius 1 is 0.842 bits per heavy atom. The third-order valence-electron chi connectivity index (χ3n) is 3.86. The van der Waals surface area contributed by atoms with Crippen LogP contribution in [0.1, 0.15) is 47.0 Å². The highest BCUT2D eigenvalue weighted by Gasteiger charge is 2.29. The molecular weight excluding hydrogens is 252 g/mol. The zero-order valence-electron chi connectivity index (χ0n) is 13.7. The molecule has 1 fully saturated rings. The molecule has 1 saturated heterocycles. The summed E-state index contributed by atoms with van der Waals surface area (Å²) in [5.74, 6) is 0. The molecule has 1 aliphatic rings. The Morgan fingerprint density at radius 3 is 1.68 bits per heavy atom. The highest BCUT2D eigenvalue weighted by atomic mass is 28.4. The fraction of sp³-hybridized carbons (Fsp3) is 1.00. The summed E-state index contributed by atoms with van der Waals surface area (Å²) in [5, 5.41) is 6.44. The first-order valence-electron chi connectivity index (χ1n) is 8.30. The third-order valence-corrected chi connectivity index (χ3v) is 8.66. The molecule has 116 valence electrons. The van der Waals surface area contributed by atoms with Gasteiger partial charge in [0.15, 0.2) is 8.32 Å². The topological polar surface area (TPSA) is 33.3 Å². The first-order valence-corrected chi connectivity index (χ1v) is 10.8. The van der Waals surface area contributed by atoms with Crippen LogP contribution >= 0.6 is 0 Å². The van der Waals surface area contributed by atoms with E-state index in [1.54, 1.807) is 0 Å². The minimum Gasteiger partial charge on any atom is -0.417 e. The van der Waals surface area contributed by atoms with Crippen molar-refractivity contribution in [1.82, 2.24) is 10.6 Å². The summed E-state index contributed by atoms with van der Waals surface area (Å²) < 4.78 is 6.15. The summed E-state index contributed by atoms with van der Waals surface area (Å²) in [7, 11) is -1.28. The van der Waals surface area contributed by atoms with Gasteiger partial charge < -0.3 is 15.1 Å². The second-order valence-corrected chi connectivity index (χ2v) is 9.91. The average Bonchev–Trinajstić information content (AvgIpc) is 2.49. The molecule has 0 aromatic carbocycles. The lowest BCUT2D eigenvalue weighted by Crippen LogP contribution is -2.39. The van der Waals surface area contributed by atoms with Crippen LogP contribution in [-0.2, 0) is 4.43 Å². The summed E-state index contributed by atoms with van der Waals surface area (Å²) in [6.07, 6.45) is 3.78. The van der Waals surface area contributed by atoms with Crippen molar-refractivity contribution in [2.75, 3.05) is 32.8 Å². The lowest BCUT2D eigenvalue weighted by molar-refractivity contribution is 0.290. The molecule has 2 N–H and O–H groups in total. The van der Waals surface area contributed by atoms with Gasteiger partial charge in [0, 0.05) is 32.8 Å². The lowest BCUT2D eigenvalue weighted by atomic mass is 10.4. The van der Waals surface area contributed by atoms with E-state index < -0.39 is 8.32 Å². The standard InChI is InChI=1S/C11H26OSi.C4H10N2/c1-5-9-10-12-13(7-3,8-4)11-6-2;1-2-6-4-3-5-1/h5-11H2,1-4H3;5-6H,1-4H2. The quantitative estimate of drug-likeness (QED) is 0.531. The monoisotopic (exact) mass is 288 g/mol. The van der Waals surface area contributed by atoms with Gasteiger partial charge in [-0.15, -0.1) is 0 Å². The minimum atomic E-state index is -1.28. The molecule has 0 amide bonds. The van der Waals surface area contributed by atoms with Gasteiger partial charge in [0.2, 0.25) is 0 Å². The molecule has 0 saturated carbocycles. The van der Waals surface area contributed by atoms with Gasteiger partial charge >= 0.3 is 0 Å². The SMILES string of the molecule is C1CNCCN1.CCCCO[Si](CC)(CC)CCC. The van der Waals surface area contributed by atoms with E-state index in [4.69, 9.17) is 4.43 Å². The highest BCUT2D eigenvalue weighted by Crippen LogP contribution is 2.23. The van der Waals surface area contributed by atoms with Gasteiger partial charge in [0.1, 0.15) is 0 Å². The van der Waals surface area contributed by atoms with Crippen LogP contribution in [0.3, 0.4) is 0 Å². The number of unbranched alkanes of at least 4 members (excludes halogenated alkanes) is 1. The van der Waals surface area contributed by atoms with E-state index in [2.05, 4.69) is 38.3 Å². The van der Waals surface area contributed by atoms with Crippen LogP contribution in [0.5, 0.6) is 0 Å². The van der Waals surface area contributed by atoms with Crippen molar-refractivity contribution in [1.29, 1.82) is 0 Å². The predicted octanol–water partition coefficient (Wildman–Crippen LogP) is 3.38. The second kappa shape index (κ2) is 13.1. The van der Waals surface area contributed by atoms with Crippen molar-refractivity contribution < 1.29 is 4.43 Å². The Labute approximate surface area is 122 Å². The Balaban J connectivity index is 0.000000443. The number of hydrogen-bond donors (Lipinski definition) is 2. The third kappa shape index (κ3) is 9.60. The lowest BCUT2D eigenvalue weighted by Gasteiger charge is -2.28. The maximum Gasteiger partial charge on any atom is 0.192 e. The Kier molecular flexibility index (Phi) is 13.2. The van der Waals surface area contributed by atoms with Crippen LogP contribution in [0.4, 0.5) is 0 Å². The van der Waals surface area contributed by atoms with Crippen molar-refractivity contribution in [2.24, 2.45) is 0 Å². The van der Waals surface area contributed by atoms with E-state index in [-0.39, 0.29) is 0 Å². The Hall–Kier alpha value is 0.0969. The van der Waals surface area contributed by atoms with E-state index >= 15 is 0 Å². The molecule has 1 rings (SSSR count). The van der Waals surface area contributed by atoms with E-state index in [0.717, 1.165) is 32.8 Å². The zero-order valence-corrected chi connectivity index (χ0v) is 14.7. The van der Waals surface area contributed by atoms with Gasteiger partial charge in [-0.1, -0.05) is 40.5 Å². The average molecular weight is 289 g/mol. The molecule has 19 heavy (non-hydrogen) atoms. The molecule has 0 radical (unpaired) electrons. The second-order valence-electron chi connectivity index (χ2n) is 5.34. The summed E-state index contributed by atoms with van der Waals surface area (Å²) in [6, 6.07) is 3.94. The maximum absolute atomic E-state index is 6.15. The summed E-state index contributed by atoms with van der Waals surface area (Å²) in [6.45, 7) is 14.7. The maximum atomic E-state index is 6.15. The molecule has 3 nitrogen and oxygen atoms in total. The molecule has 0 aromatic heterocycles. The molecule has 0 atom stereocenters. The van der Waals surface area contributed by atoms with Crippen LogP contribution in [0.2, 0.25) is 18.1 Å². The van der Waals surface area contributed by atoms with Gasteiger partial charge in [0.05, 0.1) is 0 Å². The minimum absolute atomic E-state index is 1.00. The predicted molar refractivity (Wildman–Crippen MR) is 88.4 cm³/mol. The van der Waals surface area contributed by atoms with Crippen molar-refractivity contribution in [2.45, 2.75) is 65.1 Å². The Morgan fingerprint density at radius 2 is 1.37 bits per heavy atom. The molecule has 0 aliphatic carbocycles. The van der Waals surface area contributed by atoms with E-state index in [9.17, 15) is 0 Å². The van der Waals surface area contributed by atoms with E-state index in [0.29, 0.717) is 0 Å². The van der Waals surface area contributed by atoms with Crippen LogP contribution < -0.4 is 10.6 Å². The normalized spacial score (nSPS) is 15.8. The van der Waals surface area contributed by atoms with Crippen LogP contribution in [0, 0.1) is 0 Å². The molecular formula is C15H36N2OSi. The first kappa shape index (κ1) is 19.1. The largest absolute Gasteiger partial charge is 0.417 e. The van der Waals surface area contributed by atoms with Gasteiger partial charge in [-0.05, 0) is 24.6 Å². The number of hydrogen-bond acceptors (Lipinski definition) is 3. The van der Waals surface area contributed by atoms with Crippen LogP contribution in [0.25, 0.3) is 0 Å². The first-order chi connectivity index (χ1) is 9.24. The summed E-state index contributed by atoms with van der Waals surface area (Å²) >= 11 is 0. The fourth-order valence-corrected chi connectivity index (χ4v) is 5.62. The zero-order chi connectivity index (χ0) is 14.4. The summed E-state index contributed by atoms with van der Waals surface area (Å²) in [4.78, 5) is 0. The van der Waals surface area contributed by atoms with E-state index in [1.165, 1.54) is 37.4 Å². The van der Waals surface area contributed by atoms with Crippen LogP contribution in [-0.4, -0.2) is 41.1 Å². The van der Waals surface area contributed by atoms with Crippen molar-refractivity contribution in [3.05, 3.63) is 0 Å². The number of nitrogens with one attached hydrogen (secondary N) is 2. The smallest absolute Gasteiger partial charge is 0.192 e. The molecule has 0 unspecified atom stereocenters. The van der Waals surface area contributed by atoms with Crippen molar-refractivity contribution in [3.63, 3.8) is 0 Å². The number of piperazine rings is 1. The molecule has 0 aromatic rings. The molecule has 4 heteroatoms. The van der Waals surface area contributed by atoms with Gasteiger partial charge in [-0.2, -0.15) is 0 Å². The molecule has 1 aliphatic heterocycles. The van der Waals surface area contributed by atoms with Crippen LogP contribution in [0.15, 0.2) is 0 Å². The van der Waals surface area contributed by atoms with E-state index in [1.807, 2.05) is 0 Å². The van der Waals surface area contributed by atoms with Gasteiger partial charge in [-0.3, -0.25) is 0 Å². The molecule has 1 heterocycles. The fourth-order valence-electron chi connectivity index (χ4n) is 2.37. The Bertz CT molecular complexity index is 171. The highest BCUT2D eigenvalue weighted by molar-refractivity contribution is 6.73. The molecule has 0 bridgehead atoms. The number of rotatable bonds is 8. The van der Waals surface area contributed by atoms with Gasteiger partial charge in [0.25, 0.3) is 0 Å². The van der Waals surface area contributed by atoms with Crippen molar-refractivity contribution >= 4 is 8.32 Å². The molecule has 0 spiro atoms. The van der Waals surface area contributed by atoms with Crippen molar-refractivity contribution in [3.8, 4) is 0 Å². The summed E-state index contributed by atoms with van der Waals surface area (Å²) in [5.41, 5.74) is 0. The van der Waals surface area contributed by atoms with Gasteiger partial charge in [-0.25, -0.2) is 0 Å².